The number of nitrogens with zero attached hydrogens (tertiary/aromatic N) is 4. The van der Waals surface area contributed by atoms with E-state index in [4.69, 9.17) is 0 Å². The largest absolute Gasteiger partial charge is 0.434 e. The fourth-order valence-corrected chi connectivity index (χ4v) is 2.82. The highest BCUT2D eigenvalue weighted by molar-refractivity contribution is 6.21. The number of nitro groups is 1. The maximum atomic E-state index is 12.2. The fourth-order valence-electron chi connectivity index (χ4n) is 2.82. The molecule has 2 heterocycles. The van der Waals surface area contributed by atoms with Gasteiger partial charge in [0.2, 0.25) is 0 Å². The van der Waals surface area contributed by atoms with Gasteiger partial charge in [0.15, 0.2) is 0 Å². The third-order valence-corrected chi connectivity index (χ3v) is 4.02. The van der Waals surface area contributed by atoms with E-state index >= 15 is 0 Å². The number of carbonyl (C=O) groups is 2. The molecule has 1 aromatic heterocycles. The Morgan fingerprint density at radius 2 is 1.62 bits per heavy atom. The van der Waals surface area contributed by atoms with Gasteiger partial charge in [0.1, 0.15) is 12.4 Å². The van der Waals surface area contributed by atoms with E-state index < -0.39 is 4.92 Å². The number of benzene rings is 1. The summed E-state index contributed by atoms with van der Waals surface area (Å²) in [5.74, 6) is -0.669. The maximum absolute atomic E-state index is 12.2. The zero-order valence-electron chi connectivity index (χ0n) is 12.9. The van der Waals surface area contributed by atoms with Crippen molar-refractivity contribution >= 4 is 17.8 Å². The van der Waals surface area contributed by atoms with Gasteiger partial charge >= 0.3 is 5.95 Å². The van der Waals surface area contributed by atoms with Gasteiger partial charge in [-0.15, -0.1) is 0 Å². The Bertz CT molecular complexity index is 764. The number of carbonyl (C=O) groups excluding carboxylic acids is 2. The normalized spacial score (nSPS) is 13.4. The maximum Gasteiger partial charge on any atom is 0.434 e. The molecule has 0 fully saturated rings. The molecule has 0 N–H and O–H groups in total. The predicted octanol–water partition coefficient (Wildman–Crippen LogP) is 2.26. The number of aryl methyl sites for hydroxylation is 1. The molecule has 0 aliphatic carbocycles. The van der Waals surface area contributed by atoms with Gasteiger partial charge in [0.25, 0.3) is 11.8 Å². The molecule has 1 aliphatic rings. The van der Waals surface area contributed by atoms with E-state index in [1.165, 1.54) is 15.7 Å². The molecule has 0 radical (unpaired) electrons. The highest BCUT2D eigenvalue weighted by atomic mass is 16.6. The van der Waals surface area contributed by atoms with Crippen LogP contribution in [0, 0.1) is 10.1 Å². The summed E-state index contributed by atoms with van der Waals surface area (Å²) < 4.78 is 1.49. The second-order valence-corrected chi connectivity index (χ2v) is 5.55. The summed E-state index contributed by atoms with van der Waals surface area (Å²) >= 11 is 0. The summed E-state index contributed by atoms with van der Waals surface area (Å²) in [7, 11) is 0. The van der Waals surface area contributed by atoms with Crippen molar-refractivity contribution in [2.24, 2.45) is 0 Å². The molecular weight excluding hydrogens is 312 g/mol. The third-order valence-electron chi connectivity index (χ3n) is 4.02. The first-order chi connectivity index (χ1) is 11.6. The molecule has 0 saturated heterocycles. The molecule has 124 valence electrons. The van der Waals surface area contributed by atoms with E-state index in [0.717, 1.165) is 6.42 Å². The molecule has 2 aromatic rings. The van der Waals surface area contributed by atoms with E-state index in [2.05, 4.69) is 4.98 Å². The molecule has 0 bridgehead atoms. The summed E-state index contributed by atoms with van der Waals surface area (Å²) in [5, 5.41) is 10.8. The Labute approximate surface area is 137 Å². The van der Waals surface area contributed by atoms with Crippen LogP contribution < -0.4 is 0 Å². The van der Waals surface area contributed by atoms with Crippen molar-refractivity contribution in [2.45, 2.75) is 25.8 Å². The topological polar surface area (TPSA) is 98.3 Å². The lowest BCUT2D eigenvalue weighted by molar-refractivity contribution is -0.396. The molecule has 2 amide bonds. The van der Waals surface area contributed by atoms with E-state index in [1.54, 1.807) is 30.5 Å². The Morgan fingerprint density at radius 1 is 1.00 bits per heavy atom. The monoisotopic (exact) mass is 328 g/mol. The SMILES string of the molecule is O=C1c2ccccc2C(=O)N1CCCCCn1ccnc1[N+](=O)[O-]. The molecule has 0 atom stereocenters. The van der Waals surface area contributed by atoms with Crippen molar-refractivity contribution in [2.75, 3.05) is 6.54 Å². The van der Waals surface area contributed by atoms with Gasteiger partial charge in [-0.05, 0) is 36.3 Å². The first-order valence-electron chi connectivity index (χ1n) is 7.70. The Kier molecular flexibility index (Phi) is 4.37. The number of hydrogen-bond acceptors (Lipinski definition) is 5. The average Bonchev–Trinajstić information content (AvgIpc) is 3.13. The number of hydrogen-bond donors (Lipinski definition) is 0. The minimum Gasteiger partial charge on any atom is -0.390 e. The van der Waals surface area contributed by atoms with Crippen molar-refractivity contribution in [1.29, 1.82) is 0 Å². The molecule has 8 heteroatoms. The Balaban J connectivity index is 1.48. The van der Waals surface area contributed by atoms with Crippen LogP contribution in [0.15, 0.2) is 36.7 Å². The van der Waals surface area contributed by atoms with Crippen LogP contribution in [0.3, 0.4) is 0 Å². The van der Waals surface area contributed by atoms with Crippen molar-refractivity contribution in [1.82, 2.24) is 14.5 Å². The quantitative estimate of drug-likeness (QED) is 0.336. The number of aromatic nitrogens is 2. The highest BCUT2D eigenvalue weighted by Crippen LogP contribution is 2.22. The van der Waals surface area contributed by atoms with Crippen LogP contribution in [-0.2, 0) is 6.54 Å². The summed E-state index contributed by atoms with van der Waals surface area (Å²) in [6.07, 6.45) is 5.09. The summed E-state index contributed by atoms with van der Waals surface area (Å²) in [6, 6.07) is 6.80. The minimum absolute atomic E-state index is 0.171. The minimum atomic E-state index is -0.515. The van der Waals surface area contributed by atoms with Gasteiger partial charge in [0, 0.05) is 6.54 Å². The average molecular weight is 328 g/mol. The van der Waals surface area contributed by atoms with Crippen LogP contribution in [0.1, 0.15) is 40.0 Å². The Hall–Kier alpha value is -3.03. The second-order valence-electron chi connectivity index (χ2n) is 5.55. The fraction of sp³-hybridized carbons (Fsp3) is 0.312. The van der Waals surface area contributed by atoms with Crippen LogP contribution in [0.25, 0.3) is 0 Å². The van der Waals surface area contributed by atoms with Crippen molar-refractivity contribution in [3.05, 3.63) is 57.9 Å². The molecule has 0 saturated carbocycles. The number of imidazole rings is 1. The van der Waals surface area contributed by atoms with E-state index in [9.17, 15) is 19.7 Å². The standard InChI is InChI=1S/C16H16N4O4/c21-14-12-6-2-3-7-13(12)15(22)19(14)10-5-1-4-9-18-11-8-17-16(18)20(23)24/h2-3,6-8,11H,1,4-5,9-10H2. The lowest BCUT2D eigenvalue weighted by Crippen LogP contribution is -2.30. The Morgan fingerprint density at radius 3 is 2.25 bits per heavy atom. The van der Waals surface area contributed by atoms with Gasteiger partial charge in [-0.25, -0.2) is 4.57 Å². The number of imide groups is 1. The summed E-state index contributed by atoms with van der Waals surface area (Å²) in [6.45, 7) is 0.844. The molecule has 1 aliphatic heterocycles. The van der Waals surface area contributed by atoms with Crippen LogP contribution in [0.4, 0.5) is 5.95 Å². The van der Waals surface area contributed by atoms with Crippen LogP contribution in [0.5, 0.6) is 0 Å². The van der Waals surface area contributed by atoms with Gasteiger partial charge in [0.05, 0.1) is 17.7 Å². The summed E-state index contributed by atoms with van der Waals surface area (Å²) in [4.78, 5) is 39.6. The smallest absolute Gasteiger partial charge is 0.390 e. The zero-order chi connectivity index (χ0) is 17.1. The van der Waals surface area contributed by atoms with Gasteiger partial charge in [-0.2, -0.15) is 0 Å². The highest BCUT2D eigenvalue weighted by Gasteiger charge is 2.34. The van der Waals surface area contributed by atoms with E-state index in [0.29, 0.717) is 37.1 Å². The molecule has 0 unspecified atom stereocenters. The van der Waals surface area contributed by atoms with E-state index in [-0.39, 0.29) is 17.8 Å². The van der Waals surface area contributed by atoms with Crippen molar-refractivity contribution in [3.8, 4) is 0 Å². The molecule has 0 spiro atoms. The van der Waals surface area contributed by atoms with Gasteiger partial charge < -0.3 is 10.1 Å². The first-order valence-corrected chi connectivity index (χ1v) is 7.70. The van der Waals surface area contributed by atoms with Crippen LogP contribution in [0.2, 0.25) is 0 Å². The third kappa shape index (κ3) is 2.90. The predicted molar refractivity (Wildman–Crippen MR) is 84.5 cm³/mol. The molecule has 24 heavy (non-hydrogen) atoms. The van der Waals surface area contributed by atoms with Gasteiger partial charge in [-0.3, -0.25) is 14.5 Å². The molecule has 3 rings (SSSR count). The van der Waals surface area contributed by atoms with Crippen LogP contribution >= 0.6 is 0 Å². The second kappa shape index (κ2) is 6.61. The zero-order valence-corrected chi connectivity index (χ0v) is 12.9. The number of unbranched alkanes of at least 4 members (excludes halogenated alkanes) is 2. The summed E-state index contributed by atoms with van der Waals surface area (Å²) in [5.41, 5.74) is 0.910. The first kappa shape index (κ1) is 15.9. The number of rotatable bonds is 7. The molecular formula is C16H16N4O4. The van der Waals surface area contributed by atoms with E-state index in [1.807, 2.05) is 0 Å². The molecule has 8 nitrogen and oxygen atoms in total. The molecule has 1 aromatic carbocycles. The van der Waals surface area contributed by atoms with Crippen LogP contribution in [-0.4, -0.2) is 37.7 Å². The number of amides is 2. The lowest BCUT2D eigenvalue weighted by Gasteiger charge is -2.13. The lowest BCUT2D eigenvalue weighted by atomic mass is 10.1. The van der Waals surface area contributed by atoms with Crippen molar-refractivity contribution in [3.63, 3.8) is 0 Å². The number of fused-ring (bicyclic) bond motifs is 1. The van der Waals surface area contributed by atoms with Gasteiger partial charge in [-0.1, -0.05) is 17.1 Å². The van der Waals surface area contributed by atoms with Crippen molar-refractivity contribution < 1.29 is 14.5 Å².